The predicted molar refractivity (Wildman–Crippen MR) is 76.6 cm³/mol. The summed E-state index contributed by atoms with van der Waals surface area (Å²) in [5, 5.41) is 0. The minimum absolute atomic E-state index is 0.132. The molecule has 0 fully saturated rings. The van der Waals surface area contributed by atoms with Crippen LogP contribution in [-0.2, 0) is 5.41 Å². The third kappa shape index (κ3) is 2.73. The first-order valence-electron chi connectivity index (χ1n) is 6.28. The molecule has 0 bridgehead atoms. The molecule has 1 nitrogen and oxygen atoms in total. The van der Waals surface area contributed by atoms with Crippen molar-refractivity contribution in [3.8, 4) is 11.3 Å². The van der Waals surface area contributed by atoms with Crippen molar-refractivity contribution in [2.24, 2.45) is 0 Å². The maximum Gasteiger partial charge on any atom is 0.133 e. The Hall–Kier alpha value is -1.76. The second-order valence-electron chi connectivity index (χ2n) is 5.57. The van der Waals surface area contributed by atoms with E-state index in [-0.39, 0.29) is 5.41 Å². The first-order valence-corrected chi connectivity index (χ1v) is 6.28. The Morgan fingerprint density at radius 1 is 1.17 bits per heavy atom. The smallest absolute Gasteiger partial charge is 0.133 e. The van der Waals surface area contributed by atoms with E-state index in [2.05, 4.69) is 51.6 Å². The lowest BCUT2D eigenvalue weighted by atomic mass is 9.79. The molecule has 1 heterocycles. The molecule has 1 aromatic carbocycles. The zero-order chi connectivity index (χ0) is 13.2. The van der Waals surface area contributed by atoms with Crippen LogP contribution in [0, 0.1) is 0 Å². The fourth-order valence-electron chi connectivity index (χ4n) is 2.39. The maximum absolute atomic E-state index is 5.40. The Morgan fingerprint density at radius 2 is 1.83 bits per heavy atom. The van der Waals surface area contributed by atoms with Crippen molar-refractivity contribution in [2.45, 2.75) is 32.6 Å². The van der Waals surface area contributed by atoms with Crippen LogP contribution in [0.25, 0.3) is 11.3 Å². The molecule has 0 saturated carbocycles. The van der Waals surface area contributed by atoms with Gasteiger partial charge in [0.2, 0.25) is 0 Å². The van der Waals surface area contributed by atoms with E-state index in [1.807, 2.05) is 12.1 Å². The number of hydrogen-bond donors (Lipinski definition) is 0. The van der Waals surface area contributed by atoms with Gasteiger partial charge in [-0.25, -0.2) is 0 Å². The van der Waals surface area contributed by atoms with Crippen LogP contribution < -0.4 is 0 Å². The summed E-state index contributed by atoms with van der Waals surface area (Å²) in [5.74, 6) is 0.916. The molecule has 0 atom stereocenters. The summed E-state index contributed by atoms with van der Waals surface area (Å²) in [6, 6.07) is 12.5. The minimum atomic E-state index is 0.132. The van der Waals surface area contributed by atoms with Crippen LogP contribution in [0.3, 0.4) is 0 Å². The lowest BCUT2D eigenvalue weighted by Crippen LogP contribution is -2.17. The summed E-state index contributed by atoms with van der Waals surface area (Å²) in [6.07, 6.45) is 2.71. The summed E-state index contributed by atoms with van der Waals surface area (Å²) >= 11 is 0. The highest BCUT2D eigenvalue weighted by molar-refractivity contribution is 5.57. The van der Waals surface area contributed by atoms with Gasteiger partial charge in [-0.3, -0.25) is 0 Å². The number of benzene rings is 1. The van der Waals surface area contributed by atoms with Gasteiger partial charge in [0.25, 0.3) is 0 Å². The van der Waals surface area contributed by atoms with Gasteiger partial charge in [0.05, 0.1) is 6.26 Å². The van der Waals surface area contributed by atoms with Crippen LogP contribution >= 0.6 is 0 Å². The number of allylic oxidation sites excluding steroid dienone is 1. The van der Waals surface area contributed by atoms with Gasteiger partial charge in [0, 0.05) is 5.56 Å². The summed E-state index contributed by atoms with van der Waals surface area (Å²) in [4.78, 5) is 0. The third-order valence-corrected chi connectivity index (χ3v) is 3.22. The average molecular weight is 240 g/mol. The van der Waals surface area contributed by atoms with Gasteiger partial charge in [-0.15, -0.1) is 6.58 Å². The van der Waals surface area contributed by atoms with Crippen molar-refractivity contribution in [2.75, 3.05) is 0 Å². The van der Waals surface area contributed by atoms with E-state index >= 15 is 0 Å². The van der Waals surface area contributed by atoms with E-state index in [4.69, 9.17) is 4.42 Å². The van der Waals surface area contributed by atoms with Crippen molar-refractivity contribution < 1.29 is 4.42 Å². The molecule has 1 aromatic heterocycles. The molecule has 0 aliphatic carbocycles. The molecule has 0 aliphatic rings. The van der Waals surface area contributed by atoms with Gasteiger partial charge < -0.3 is 4.42 Å². The van der Waals surface area contributed by atoms with Crippen molar-refractivity contribution >= 4 is 0 Å². The van der Waals surface area contributed by atoms with Gasteiger partial charge in [-0.1, -0.05) is 43.7 Å². The van der Waals surface area contributed by atoms with Crippen molar-refractivity contribution in [1.82, 2.24) is 0 Å². The minimum Gasteiger partial charge on any atom is -0.464 e. The van der Waals surface area contributed by atoms with Crippen LogP contribution in [0.5, 0.6) is 0 Å². The molecule has 0 N–H and O–H groups in total. The second kappa shape index (κ2) is 4.85. The van der Waals surface area contributed by atoms with Gasteiger partial charge >= 0.3 is 0 Å². The summed E-state index contributed by atoms with van der Waals surface area (Å²) in [5.41, 5.74) is 3.80. The molecule has 2 aromatic rings. The summed E-state index contributed by atoms with van der Waals surface area (Å²) < 4.78 is 5.40. The molecule has 18 heavy (non-hydrogen) atoms. The Kier molecular flexibility index (Phi) is 3.42. The lowest BCUT2D eigenvalue weighted by Gasteiger charge is -2.25. The standard InChI is InChI=1S/C17H20O/c1-13(2)12-17(3,4)15-9-7-14(8-10-15)16-6-5-11-18-16/h5-11H,1,12H2,2-4H3. The Bertz CT molecular complexity index is 515. The van der Waals surface area contributed by atoms with Gasteiger partial charge in [0.15, 0.2) is 0 Å². The highest BCUT2D eigenvalue weighted by atomic mass is 16.3. The van der Waals surface area contributed by atoms with E-state index in [1.54, 1.807) is 6.26 Å². The fourth-order valence-corrected chi connectivity index (χ4v) is 2.39. The number of hydrogen-bond acceptors (Lipinski definition) is 1. The van der Waals surface area contributed by atoms with E-state index in [0.717, 1.165) is 17.7 Å². The first-order chi connectivity index (χ1) is 8.49. The SMILES string of the molecule is C=C(C)CC(C)(C)c1ccc(-c2ccco2)cc1. The normalized spacial score (nSPS) is 11.5. The molecule has 0 spiro atoms. The molecular formula is C17H20O. The fraction of sp³-hybridized carbons (Fsp3) is 0.294. The van der Waals surface area contributed by atoms with Gasteiger partial charge in [-0.2, -0.15) is 0 Å². The number of furan rings is 1. The zero-order valence-corrected chi connectivity index (χ0v) is 11.4. The first kappa shape index (κ1) is 12.7. The Morgan fingerprint density at radius 3 is 2.33 bits per heavy atom. The zero-order valence-electron chi connectivity index (χ0n) is 11.4. The molecule has 0 radical (unpaired) electrons. The Balaban J connectivity index is 2.25. The van der Waals surface area contributed by atoms with Crippen molar-refractivity contribution in [3.05, 3.63) is 60.4 Å². The summed E-state index contributed by atoms with van der Waals surface area (Å²) in [7, 11) is 0. The second-order valence-corrected chi connectivity index (χ2v) is 5.57. The highest BCUT2D eigenvalue weighted by Crippen LogP contribution is 2.31. The van der Waals surface area contributed by atoms with E-state index in [0.29, 0.717) is 0 Å². The highest BCUT2D eigenvalue weighted by Gasteiger charge is 2.20. The van der Waals surface area contributed by atoms with Crippen molar-refractivity contribution in [3.63, 3.8) is 0 Å². The van der Waals surface area contributed by atoms with Crippen LogP contribution in [0.4, 0.5) is 0 Å². The molecule has 0 unspecified atom stereocenters. The monoisotopic (exact) mass is 240 g/mol. The average Bonchev–Trinajstić information content (AvgIpc) is 2.81. The molecular weight excluding hydrogens is 220 g/mol. The largest absolute Gasteiger partial charge is 0.464 e. The summed E-state index contributed by atoms with van der Waals surface area (Å²) in [6.45, 7) is 10.6. The maximum atomic E-state index is 5.40. The quantitative estimate of drug-likeness (QED) is 0.670. The predicted octanol–water partition coefficient (Wildman–Crippen LogP) is 5.19. The lowest BCUT2D eigenvalue weighted by molar-refractivity contribution is 0.520. The van der Waals surface area contributed by atoms with E-state index < -0.39 is 0 Å². The molecule has 94 valence electrons. The number of rotatable bonds is 4. The van der Waals surface area contributed by atoms with E-state index in [9.17, 15) is 0 Å². The van der Waals surface area contributed by atoms with Crippen LogP contribution in [-0.4, -0.2) is 0 Å². The van der Waals surface area contributed by atoms with Crippen LogP contribution in [0.15, 0.2) is 59.2 Å². The molecule has 0 aliphatic heterocycles. The van der Waals surface area contributed by atoms with Crippen LogP contribution in [0.2, 0.25) is 0 Å². The Labute approximate surface area is 109 Å². The van der Waals surface area contributed by atoms with E-state index in [1.165, 1.54) is 11.1 Å². The van der Waals surface area contributed by atoms with Gasteiger partial charge in [0.1, 0.15) is 5.76 Å². The molecule has 0 saturated heterocycles. The van der Waals surface area contributed by atoms with Gasteiger partial charge in [-0.05, 0) is 36.5 Å². The molecule has 2 rings (SSSR count). The van der Waals surface area contributed by atoms with Crippen LogP contribution in [0.1, 0.15) is 32.8 Å². The third-order valence-electron chi connectivity index (χ3n) is 3.22. The molecule has 0 amide bonds. The van der Waals surface area contributed by atoms with Crippen molar-refractivity contribution in [1.29, 1.82) is 0 Å². The molecule has 1 heteroatoms. The topological polar surface area (TPSA) is 13.1 Å².